The summed E-state index contributed by atoms with van der Waals surface area (Å²) in [5.74, 6) is -0.990. The molecule has 0 rings (SSSR count). The smallest absolute Gasteiger partial charge is 0.267 e. The van der Waals surface area contributed by atoms with E-state index >= 15 is 0 Å². The number of hydrogen-bond acceptors (Lipinski definition) is 4. The van der Waals surface area contributed by atoms with Crippen LogP contribution < -0.4 is 5.32 Å². The molecule has 7 heteroatoms. The Morgan fingerprint density at radius 1 is 0.619 bits per heavy atom. The van der Waals surface area contributed by atoms with Gasteiger partial charge in [0.05, 0.1) is 17.9 Å². The third-order valence-corrected chi connectivity index (χ3v) is 8.63. The zero-order valence-corrected chi connectivity index (χ0v) is 28.2. The van der Waals surface area contributed by atoms with E-state index in [1.165, 1.54) is 89.9 Å². The molecule has 248 valence electrons. The van der Waals surface area contributed by atoms with Crippen molar-refractivity contribution in [1.82, 2.24) is 5.32 Å². The van der Waals surface area contributed by atoms with Crippen molar-refractivity contribution in [1.29, 1.82) is 0 Å². The van der Waals surface area contributed by atoms with Crippen LogP contribution in [0, 0.1) is 0 Å². The van der Waals surface area contributed by atoms with Crippen LogP contribution in [0.25, 0.3) is 0 Å². The first kappa shape index (κ1) is 40.8. The van der Waals surface area contributed by atoms with E-state index < -0.39 is 28.0 Å². The van der Waals surface area contributed by atoms with Crippen LogP contribution in [0.4, 0.5) is 0 Å². The Morgan fingerprint density at radius 3 is 1.52 bits per heavy atom. The van der Waals surface area contributed by atoms with Crippen LogP contribution in [0.3, 0.4) is 0 Å². The van der Waals surface area contributed by atoms with Gasteiger partial charge in [0, 0.05) is 6.42 Å². The predicted molar refractivity (Wildman–Crippen MR) is 179 cm³/mol. The Balaban J connectivity index is 3.98. The summed E-state index contributed by atoms with van der Waals surface area (Å²) in [6.07, 6.45) is 35.9. The van der Waals surface area contributed by atoms with Crippen LogP contribution in [0.2, 0.25) is 0 Å². The number of amides is 1. The summed E-state index contributed by atoms with van der Waals surface area (Å²) in [6.45, 7) is 4.44. The highest BCUT2D eigenvalue weighted by Crippen LogP contribution is 2.14. The Morgan fingerprint density at radius 2 is 1.05 bits per heavy atom. The molecular formula is C35H67NO5S. The number of aliphatic hydroxyl groups is 1. The molecule has 0 aliphatic rings. The topological polar surface area (TPSA) is 104 Å². The van der Waals surface area contributed by atoms with Crippen LogP contribution in [0.1, 0.15) is 174 Å². The molecule has 3 N–H and O–H groups in total. The maximum absolute atomic E-state index is 12.4. The van der Waals surface area contributed by atoms with Crippen molar-refractivity contribution in [2.75, 3.05) is 5.75 Å². The summed E-state index contributed by atoms with van der Waals surface area (Å²) in [4.78, 5) is 12.4. The molecule has 0 aromatic rings. The van der Waals surface area contributed by atoms with E-state index in [2.05, 4.69) is 31.3 Å². The van der Waals surface area contributed by atoms with Crippen LogP contribution in [0.15, 0.2) is 24.3 Å². The number of allylic oxidation sites excluding steroid dienone is 3. The second-order valence-corrected chi connectivity index (χ2v) is 13.6. The van der Waals surface area contributed by atoms with Crippen molar-refractivity contribution in [3.05, 3.63) is 24.3 Å². The molecule has 42 heavy (non-hydrogen) atoms. The van der Waals surface area contributed by atoms with E-state index in [4.69, 9.17) is 0 Å². The van der Waals surface area contributed by atoms with Gasteiger partial charge in [-0.3, -0.25) is 9.35 Å². The van der Waals surface area contributed by atoms with Gasteiger partial charge in [0.1, 0.15) is 0 Å². The van der Waals surface area contributed by atoms with Gasteiger partial charge in [0.15, 0.2) is 0 Å². The summed E-state index contributed by atoms with van der Waals surface area (Å²) in [5, 5.41) is 13.1. The fourth-order valence-corrected chi connectivity index (χ4v) is 5.95. The summed E-state index contributed by atoms with van der Waals surface area (Å²) in [5.41, 5.74) is 0. The Labute approximate surface area is 260 Å². The highest BCUT2D eigenvalue weighted by Gasteiger charge is 2.24. The number of nitrogens with one attached hydrogen (secondary N) is 1. The van der Waals surface area contributed by atoms with Gasteiger partial charge in [-0.15, -0.1) is 0 Å². The summed E-state index contributed by atoms with van der Waals surface area (Å²) in [6, 6.07) is -1.06. The summed E-state index contributed by atoms with van der Waals surface area (Å²) in [7, 11) is -4.33. The zero-order valence-electron chi connectivity index (χ0n) is 27.4. The fraction of sp³-hybridized carbons (Fsp3) is 0.857. The first-order valence-electron chi connectivity index (χ1n) is 17.5. The van der Waals surface area contributed by atoms with Crippen LogP contribution in [-0.4, -0.2) is 41.9 Å². The molecule has 6 nitrogen and oxygen atoms in total. The van der Waals surface area contributed by atoms with Gasteiger partial charge < -0.3 is 10.4 Å². The number of hydrogen-bond donors (Lipinski definition) is 3. The number of carbonyl (C=O) groups is 1. The van der Waals surface area contributed by atoms with Crippen molar-refractivity contribution >= 4 is 16.0 Å². The van der Waals surface area contributed by atoms with Gasteiger partial charge in [-0.25, -0.2) is 0 Å². The van der Waals surface area contributed by atoms with Gasteiger partial charge in [-0.1, -0.05) is 154 Å². The molecule has 0 aliphatic carbocycles. The van der Waals surface area contributed by atoms with Crippen molar-refractivity contribution in [3.8, 4) is 0 Å². The lowest BCUT2D eigenvalue weighted by atomic mass is 10.0. The molecule has 2 atom stereocenters. The minimum Gasteiger partial charge on any atom is -0.387 e. The minimum atomic E-state index is -4.33. The lowest BCUT2D eigenvalue weighted by Gasteiger charge is -2.21. The van der Waals surface area contributed by atoms with Crippen LogP contribution >= 0.6 is 0 Å². The highest BCUT2D eigenvalue weighted by atomic mass is 32.2. The van der Waals surface area contributed by atoms with E-state index in [1.807, 2.05) is 6.08 Å². The number of carbonyl (C=O) groups excluding carboxylic acids is 1. The maximum atomic E-state index is 12.4. The SMILES string of the molecule is CCC/C=C\CCCCCCCC(=O)NC(CS(=O)(=O)O)C(O)/C=C/CCCCCCCCCCCCCCCCC. The van der Waals surface area contributed by atoms with Crippen molar-refractivity contribution < 1.29 is 22.9 Å². The van der Waals surface area contributed by atoms with Gasteiger partial charge in [0.25, 0.3) is 10.1 Å². The molecule has 0 spiro atoms. The van der Waals surface area contributed by atoms with Gasteiger partial charge in [-0.2, -0.15) is 8.42 Å². The molecule has 0 fully saturated rings. The molecule has 0 saturated carbocycles. The molecule has 0 heterocycles. The summed E-state index contributed by atoms with van der Waals surface area (Å²) < 4.78 is 32.3. The Hall–Kier alpha value is -1.18. The standard InChI is InChI=1S/C35H67NO5S/c1-3-5-7-9-11-13-15-16-17-18-19-20-21-22-24-26-28-30-34(37)33(32-42(39,40)41)36-35(38)31-29-27-25-23-14-12-10-8-6-4-2/h8,10,28,30,33-34,37H,3-7,9,11-27,29,31-32H2,1-2H3,(H,36,38)(H,39,40,41)/b10-8-,30-28+. The zero-order chi connectivity index (χ0) is 31.2. The van der Waals surface area contributed by atoms with E-state index in [9.17, 15) is 22.9 Å². The molecule has 2 unspecified atom stereocenters. The first-order valence-corrected chi connectivity index (χ1v) is 19.1. The molecular weight excluding hydrogens is 546 g/mol. The van der Waals surface area contributed by atoms with Crippen molar-refractivity contribution in [2.45, 2.75) is 187 Å². The molecule has 0 aromatic carbocycles. The number of rotatable bonds is 31. The fourth-order valence-electron chi connectivity index (χ4n) is 5.22. The summed E-state index contributed by atoms with van der Waals surface area (Å²) >= 11 is 0. The molecule has 0 aliphatic heterocycles. The average molecular weight is 614 g/mol. The van der Waals surface area contributed by atoms with E-state index in [0.29, 0.717) is 0 Å². The van der Waals surface area contributed by atoms with E-state index in [0.717, 1.165) is 64.2 Å². The second kappa shape index (κ2) is 29.9. The molecule has 0 radical (unpaired) electrons. The first-order chi connectivity index (χ1) is 20.3. The number of unbranched alkanes of at least 4 members (excludes halogenated alkanes) is 21. The largest absolute Gasteiger partial charge is 0.387 e. The number of aliphatic hydroxyl groups excluding tert-OH is 1. The molecule has 0 aromatic heterocycles. The third kappa shape index (κ3) is 30.3. The quantitative estimate of drug-likeness (QED) is 0.0410. The van der Waals surface area contributed by atoms with Crippen molar-refractivity contribution in [3.63, 3.8) is 0 Å². The lowest BCUT2D eigenvalue weighted by Crippen LogP contribution is -2.46. The van der Waals surface area contributed by atoms with Gasteiger partial charge >= 0.3 is 0 Å². The third-order valence-electron chi connectivity index (χ3n) is 7.85. The normalized spacial score (nSPS) is 13.7. The van der Waals surface area contributed by atoms with Crippen LogP contribution in [0.5, 0.6) is 0 Å². The second-order valence-electron chi connectivity index (χ2n) is 12.1. The van der Waals surface area contributed by atoms with E-state index in [1.54, 1.807) is 6.08 Å². The molecule has 0 saturated heterocycles. The molecule has 0 bridgehead atoms. The predicted octanol–water partition coefficient (Wildman–Crippen LogP) is 9.62. The van der Waals surface area contributed by atoms with Crippen molar-refractivity contribution in [2.24, 2.45) is 0 Å². The minimum absolute atomic E-state index is 0.286. The van der Waals surface area contributed by atoms with Gasteiger partial charge in [-0.05, 0) is 38.5 Å². The highest BCUT2D eigenvalue weighted by molar-refractivity contribution is 7.85. The van der Waals surface area contributed by atoms with E-state index in [-0.39, 0.29) is 12.3 Å². The average Bonchev–Trinajstić information content (AvgIpc) is 2.94. The Kier molecular flexibility index (Phi) is 29.0. The van der Waals surface area contributed by atoms with Gasteiger partial charge in [0.2, 0.25) is 5.91 Å². The molecule has 1 amide bonds. The van der Waals surface area contributed by atoms with Crippen LogP contribution in [-0.2, 0) is 14.9 Å². The lowest BCUT2D eigenvalue weighted by molar-refractivity contribution is -0.122. The monoisotopic (exact) mass is 613 g/mol. The maximum Gasteiger partial charge on any atom is 0.267 e. The Bertz CT molecular complexity index is 765.